The summed E-state index contributed by atoms with van der Waals surface area (Å²) in [4.78, 5) is 13.1. The van der Waals surface area contributed by atoms with Crippen LogP contribution in [0.3, 0.4) is 0 Å². The topological polar surface area (TPSA) is 69.6 Å². The first kappa shape index (κ1) is 14.9. The van der Waals surface area contributed by atoms with Crippen LogP contribution in [-0.4, -0.2) is 24.7 Å². The molecule has 3 heterocycles. The molecule has 0 atom stereocenters. The van der Waals surface area contributed by atoms with Crippen LogP contribution in [0.25, 0.3) is 16.7 Å². The lowest BCUT2D eigenvalue weighted by atomic mass is 10.3. The molecule has 0 saturated carbocycles. The molecule has 120 valence electrons. The second-order valence-electron chi connectivity index (χ2n) is 5.17. The number of aryl methyl sites for hydroxylation is 1. The summed E-state index contributed by atoms with van der Waals surface area (Å²) in [5.41, 5.74) is 1.77. The molecule has 0 fully saturated rings. The molecule has 1 aromatic carbocycles. The zero-order valence-corrected chi connectivity index (χ0v) is 13.9. The van der Waals surface area contributed by atoms with Gasteiger partial charge in [0.25, 0.3) is 0 Å². The van der Waals surface area contributed by atoms with Crippen LogP contribution >= 0.6 is 11.8 Å². The van der Waals surface area contributed by atoms with Crippen molar-refractivity contribution in [1.29, 1.82) is 0 Å². The number of benzene rings is 1. The highest BCUT2D eigenvalue weighted by atomic mass is 32.2. The second kappa shape index (κ2) is 6.45. The van der Waals surface area contributed by atoms with E-state index in [0.717, 1.165) is 33.9 Å². The van der Waals surface area contributed by atoms with Crippen LogP contribution in [-0.2, 0) is 12.2 Å². The molecule has 0 saturated heterocycles. The van der Waals surface area contributed by atoms with E-state index in [4.69, 9.17) is 4.42 Å². The Balaban J connectivity index is 1.63. The van der Waals surface area contributed by atoms with Gasteiger partial charge in [-0.25, -0.2) is 19.6 Å². The van der Waals surface area contributed by atoms with Crippen LogP contribution in [0.15, 0.2) is 58.5 Å². The standard InChI is InChI=1S/C17H15N5OS/c1-2-13-8-18-15(23-13)10-24-17-14-9-21-22(16(14)19-11-20-17)12-6-4-3-5-7-12/h3-9,11H,2,10H2,1H3. The van der Waals surface area contributed by atoms with Crippen molar-refractivity contribution in [3.05, 3.63) is 60.7 Å². The molecule has 0 aliphatic rings. The summed E-state index contributed by atoms with van der Waals surface area (Å²) in [6.45, 7) is 2.05. The van der Waals surface area contributed by atoms with Crippen molar-refractivity contribution in [3.8, 4) is 5.69 Å². The smallest absolute Gasteiger partial charge is 0.204 e. The van der Waals surface area contributed by atoms with Gasteiger partial charge < -0.3 is 4.42 Å². The van der Waals surface area contributed by atoms with Crippen molar-refractivity contribution < 1.29 is 4.42 Å². The van der Waals surface area contributed by atoms with Crippen LogP contribution in [0.4, 0.5) is 0 Å². The van der Waals surface area contributed by atoms with Gasteiger partial charge in [-0.15, -0.1) is 0 Å². The van der Waals surface area contributed by atoms with Gasteiger partial charge >= 0.3 is 0 Å². The predicted octanol–water partition coefficient (Wildman–Crippen LogP) is 3.66. The Kier molecular flexibility index (Phi) is 4.00. The highest BCUT2D eigenvalue weighted by Gasteiger charge is 2.12. The summed E-state index contributed by atoms with van der Waals surface area (Å²) >= 11 is 1.57. The molecular formula is C17H15N5OS. The number of nitrogens with zero attached hydrogens (tertiary/aromatic N) is 5. The minimum Gasteiger partial charge on any atom is -0.445 e. The number of hydrogen-bond acceptors (Lipinski definition) is 6. The Morgan fingerprint density at radius 1 is 1.08 bits per heavy atom. The molecule has 0 unspecified atom stereocenters. The summed E-state index contributed by atoms with van der Waals surface area (Å²) in [6, 6.07) is 9.94. The van der Waals surface area contributed by atoms with Gasteiger partial charge in [0.15, 0.2) is 5.65 Å². The monoisotopic (exact) mass is 337 g/mol. The highest BCUT2D eigenvalue weighted by molar-refractivity contribution is 7.98. The Hall–Kier alpha value is -2.67. The zero-order chi connectivity index (χ0) is 16.4. The first-order chi connectivity index (χ1) is 11.8. The minimum absolute atomic E-state index is 0.628. The Morgan fingerprint density at radius 3 is 2.75 bits per heavy atom. The lowest BCUT2D eigenvalue weighted by Crippen LogP contribution is -1.97. The largest absolute Gasteiger partial charge is 0.445 e. The molecule has 6 nitrogen and oxygen atoms in total. The third kappa shape index (κ3) is 2.78. The Morgan fingerprint density at radius 2 is 1.96 bits per heavy atom. The quantitative estimate of drug-likeness (QED) is 0.409. The fourth-order valence-electron chi connectivity index (χ4n) is 2.40. The maximum atomic E-state index is 5.64. The van der Waals surface area contributed by atoms with E-state index in [9.17, 15) is 0 Å². The molecule has 7 heteroatoms. The van der Waals surface area contributed by atoms with E-state index < -0.39 is 0 Å². The maximum absolute atomic E-state index is 5.64. The fourth-order valence-corrected chi connectivity index (χ4v) is 3.22. The van der Waals surface area contributed by atoms with E-state index in [1.54, 1.807) is 30.5 Å². The first-order valence-electron chi connectivity index (χ1n) is 7.65. The highest BCUT2D eigenvalue weighted by Crippen LogP contribution is 2.28. The number of rotatable bonds is 5. The van der Waals surface area contributed by atoms with Crippen LogP contribution in [0.1, 0.15) is 18.6 Å². The van der Waals surface area contributed by atoms with Gasteiger partial charge in [0.05, 0.1) is 29.2 Å². The summed E-state index contributed by atoms with van der Waals surface area (Å²) in [6.07, 6.45) is 5.99. The number of oxazole rings is 1. The predicted molar refractivity (Wildman–Crippen MR) is 92.1 cm³/mol. The molecular weight excluding hydrogens is 322 g/mol. The van der Waals surface area contributed by atoms with E-state index in [1.807, 2.05) is 41.9 Å². The van der Waals surface area contributed by atoms with Gasteiger partial charge in [0.1, 0.15) is 17.1 Å². The fraction of sp³-hybridized carbons (Fsp3) is 0.176. The number of hydrogen-bond donors (Lipinski definition) is 0. The van der Waals surface area contributed by atoms with Crippen molar-refractivity contribution in [2.75, 3.05) is 0 Å². The lowest BCUT2D eigenvalue weighted by Gasteiger charge is -2.03. The molecule has 24 heavy (non-hydrogen) atoms. The van der Waals surface area contributed by atoms with E-state index in [2.05, 4.69) is 20.1 Å². The molecule has 4 aromatic rings. The summed E-state index contributed by atoms with van der Waals surface area (Å²) in [7, 11) is 0. The van der Waals surface area contributed by atoms with E-state index in [0.29, 0.717) is 11.6 Å². The molecule has 0 aliphatic carbocycles. The third-order valence-electron chi connectivity index (χ3n) is 3.61. The summed E-state index contributed by atoms with van der Waals surface area (Å²) in [5, 5.41) is 6.26. The lowest BCUT2D eigenvalue weighted by molar-refractivity contribution is 0.476. The van der Waals surface area contributed by atoms with Crippen molar-refractivity contribution in [1.82, 2.24) is 24.7 Å². The van der Waals surface area contributed by atoms with Gasteiger partial charge in [0, 0.05) is 6.42 Å². The Bertz CT molecular complexity index is 963. The van der Waals surface area contributed by atoms with Crippen molar-refractivity contribution >= 4 is 22.8 Å². The van der Waals surface area contributed by atoms with E-state index >= 15 is 0 Å². The minimum atomic E-state index is 0.628. The number of fused-ring (bicyclic) bond motifs is 1. The van der Waals surface area contributed by atoms with Gasteiger partial charge in [-0.05, 0) is 12.1 Å². The van der Waals surface area contributed by atoms with Gasteiger partial charge in [-0.2, -0.15) is 5.10 Å². The zero-order valence-electron chi connectivity index (χ0n) is 13.1. The van der Waals surface area contributed by atoms with Crippen molar-refractivity contribution in [2.24, 2.45) is 0 Å². The number of aromatic nitrogens is 5. The van der Waals surface area contributed by atoms with Gasteiger partial charge in [-0.1, -0.05) is 36.9 Å². The third-order valence-corrected chi connectivity index (χ3v) is 4.60. The molecule has 0 bridgehead atoms. The van der Waals surface area contributed by atoms with Crippen LogP contribution in [0, 0.1) is 0 Å². The summed E-state index contributed by atoms with van der Waals surface area (Å²) in [5.74, 6) is 2.23. The average Bonchev–Trinajstić information content (AvgIpc) is 3.27. The molecule has 4 rings (SSSR count). The molecule has 0 radical (unpaired) electrons. The molecule has 3 aromatic heterocycles. The van der Waals surface area contributed by atoms with E-state index in [-0.39, 0.29) is 0 Å². The van der Waals surface area contributed by atoms with Gasteiger partial charge in [0.2, 0.25) is 5.89 Å². The molecule has 0 N–H and O–H groups in total. The van der Waals surface area contributed by atoms with Crippen LogP contribution in [0.5, 0.6) is 0 Å². The molecule has 0 spiro atoms. The molecule has 0 aliphatic heterocycles. The summed E-state index contributed by atoms with van der Waals surface area (Å²) < 4.78 is 7.47. The maximum Gasteiger partial charge on any atom is 0.204 e. The Labute approximate surface area is 143 Å². The normalized spacial score (nSPS) is 11.2. The first-order valence-corrected chi connectivity index (χ1v) is 8.64. The SMILES string of the molecule is CCc1cnc(CSc2ncnc3c2cnn3-c2ccccc2)o1. The average molecular weight is 337 g/mol. The van der Waals surface area contributed by atoms with Crippen LogP contribution in [0.2, 0.25) is 0 Å². The number of para-hydroxylation sites is 1. The second-order valence-corrected chi connectivity index (χ2v) is 6.13. The van der Waals surface area contributed by atoms with Crippen LogP contribution < -0.4 is 0 Å². The van der Waals surface area contributed by atoms with Gasteiger partial charge in [-0.3, -0.25) is 0 Å². The van der Waals surface area contributed by atoms with Crippen molar-refractivity contribution in [3.63, 3.8) is 0 Å². The van der Waals surface area contributed by atoms with E-state index in [1.165, 1.54) is 0 Å². The van der Waals surface area contributed by atoms with Crippen molar-refractivity contribution in [2.45, 2.75) is 24.1 Å². The molecule has 0 amide bonds. The number of thioether (sulfide) groups is 1.